The molecule has 2 heterocycles. The molecule has 6 heteroatoms. The molecule has 146 valence electrons. The molecule has 1 fully saturated rings. The van der Waals surface area contributed by atoms with Crippen LogP contribution in [-0.4, -0.2) is 48.5 Å². The van der Waals surface area contributed by atoms with Crippen LogP contribution in [0.3, 0.4) is 0 Å². The van der Waals surface area contributed by atoms with Crippen molar-refractivity contribution in [1.82, 2.24) is 9.88 Å². The third-order valence-corrected chi connectivity index (χ3v) is 5.36. The number of carbonyl (C=O) groups excluding carboxylic acids is 1. The van der Waals surface area contributed by atoms with Crippen molar-refractivity contribution in [2.75, 3.05) is 42.9 Å². The third-order valence-electron chi connectivity index (χ3n) is 5.36. The van der Waals surface area contributed by atoms with E-state index in [0.717, 1.165) is 54.5 Å². The van der Waals surface area contributed by atoms with Crippen molar-refractivity contribution in [3.63, 3.8) is 0 Å². The fourth-order valence-electron chi connectivity index (χ4n) is 3.58. The van der Waals surface area contributed by atoms with Crippen LogP contribution in [0.25, 0.3) is 0 Å². The first-order valence-corrected chi connectivity index (χ1v) is 9.60. The Bertz CT molecular complexity index is 923. The fraction of sp³-hybridized carbons (Fsp3) is 0.409. The molecule has 0 unspecified atom stereocenters. The van der Waals surface area contributed by atoms with E-state index in [1.807, 2.05) is 52.0 Å². The van der Waals surface area contributed by atoms with Gasteiger partial charge in [-0.05, 0) is 56.5 Å². The van der Waals surface area contributed by atoms with Crippen LogP contribution in [-0.2, 0) is 4.79 Å². The Morgan fingerprint density at radius 2 is 1.86 bits per heavy atom. The van der Waals surface area contributed by atoms with E-state index in [1.165, 1.54) is 5.56 Å². The first-order chi connectivity index (χ1) is 13.4. The van der Waals surface area contributed by atoms with Gasteiger partial charge in [0.15, 0.2) is 0 Å². The molecule has 0 aliphatic carbocycles. The van der Waals surface area contributed by atoms with Crippen molar-refractivity contribution < 1.29 is 4.79 Å². The van der Waals surface area contributed by atoms with Crippen LogP contribution in [0.1, 0.15) is 27.9 Å². The molecule has 28 heavy (non-hydrogen) atoms. The van der Waals surface area contributed by atoms with Gasteiger partial charge in [-0.15, -0.1) is 0 Å². The number of nitrogens with one attached hydrogen (secondary N) is 1. The van der Waals surface area contributed by atoms with Crippen molar-refractivity contribution in [2.24, 2.45) is 0 Å². The van der Waals surface area contributed by atoms with Gasteiger partial charge in [0, 0.05) is 37.6 Å². The zero-order valence-electron chi connectivity index (χ0n) is 17.0. The maximum atomic E-state index is 12.5. The van der Waals surface area contributed by atoms with Gasteiger partial charge < -0.3 is 10.2 Å². The summed E-state index contributed by atoms with van der Waals surface area (Å²) < 4.78 is 0. The Labute approximate surface area is 166 Å². The molecule has 0 atom stereocenters. The number of pyridine rings is 1. The van der Waals surface area contributed by atoms with Gasteiger partial charge in [0.25, 0.3) is 0 Å². The summed E-state index contributed by atoms with van der Waals surface area (Å²) in [5.74, 6) is 0.767. The lowest BCUT2D eigenvalue weighted by Gasteiger charge is -2.35. The highest BCUT2D eigenvalue weighted by atomic mass is 16.2. The van der Waals surface area contributed by atoms with Gasteiger partial charge in [-0.2, -0.15) is 5.26 Å². The molecular formula is C22H27N5O. The van der Waals surface area contributed by atoms with Gasteiger partial charge in [0.05, 0.1) is 12.1 Å². The second-order valence-corrected chi connectivity index (χ2v) is 7.45. The van der Waals surface area contributed by atoms with Gasteiger partial charge in [0.2, 0.25) is 5.91 Å². The number of aromatic nitrogens is 1. The number of benzene rings is 1. The molecule has 1 N–H and O–H groups in total. The lowest BCUT2D eigenvalue weighted by Crippen LogP contribution is -2.49. The Balaban J connectivity index is 1.60. The number of piperazine rings is 1. The minimum atomic E-state index is 0.00406. The smallest absolute Gasteiger partial charge is 0.238 e. The summed E-state index contributed by atoms with van der Waals surface area (Å²) in [4.78, 5) is 21.4. The highest BCUT2D eigenvalue weighted by molar-refractivity contribution is 5.93. The minimum Gasteiger partial charge on any atom is -0.353 e. The number of hydrogen-bond donors (Lipinski definition) is 1. The van der Waals surface area contributed by atoms with Crippen molar-refractivity contribution in [1.29, 1.82) is 5.26 Å². The number of aryl methyl sites for hydroxylation is 3. The van der Waals surface area contributed by atoms with Gasteiger partial charge >= 0.3 is 0 Å². The van der Waals surface area contributed by atoms with Crippen LogP contribution < -0.4 is 10.2 Å². The average Bonchev–Trinajstić information content (AvgIpc) is 2.65. The Hall–Kier alpha value is -2.91. The van der Waals surface area contributed by atoms with Crippen LogP contribution in [0.5, 0.6) is 0 Å². The fourth-order valence-corrected chi connectivity index (χ4v) is 3.58. The van der Waals surface area contributed by atoms with Gasteiger partial charge in [0.1, 0.15) is 11.9 Å². The molecule has 1 saturated heterocycles. The molecule has 6 nitrogen and oxygen atoms in total. The number of carbonyl (C=O) groups is 1. The minimum absolute atomic E-state index is 0.00406. The van der Waals surface area contributed by atoms with Crippen molar-refractivity contribution in [3.05, 3.63) is 52.2 Å². The normalized spacial score (nSPS) is 14.6. The van der Waals surface area contributed by atoms with E-state index in [2.05, 4.69) is 26.2 Å². The summed E-state index contributed by atoms with van der Waals surface area (Å²) >= 11 is 0. The predicted octanol–water partition coefficient (Wildman–Crippen LogP) is 2.95. The van der Waals surface area contributed by atoms with E-state index in [9.17, 15) is 10.1 Å². The van der Waals surface area contributed by atoms with Crippen molar-refractivity contribution in [3.8, 4) is 6.07 Å². The van der Waals surface area contributed by atoms with E-state index >= 15 is 0 Å². The number of hydrogen-bond acceptors (Lipinski definition) is 5. The van der Waals surface area contributed by atoms with E-state index in [-0.39, 0.29) is 5.91 Å². The molecule has 1 aromatic heterocycles. The average molecular weight is 377 g/mol. The van der Waals surface area contributed by atoms with Crippen LogP contribution in [0.2, 0.25) is 0 Å². The molecule has 1 aromatic carbocycles. The Morgan fingerprint density at radius 3 is 2.54 bits per heavy atom. The quantitative estimate of drug-likeness (QED) is 0.887. The van der Waals surface area contributed by atoms with E-state index in [4.69, 9.17) is 0 Å². The number of anilines is 2. The zero-order valence-corrected chi connectivity index (χ0v) is 17.0. The lowest BCUT2D eigenvalue weighted by atomic mass is 10.1. The second-order valence-electron chi connectivity index (χ2n) is 7.45. The van der Waals surface area contributed by atoms with Crippen LogP contribution in [0.4, 0.5) is 11.5 Å². The van der Waals surface area contributed by atoms with Gasteiger partial charge in [-0.3, -0.25) is 9.69 Å². The summed E-state index contributed by atoms with van der Waals surface area (Å²) in [7, 11) is 0. The van der Waals surface area contributed by atoms with Crippen molar-refractivity contribution >= 4 is 17.4 Å². The van der Waals surface area contributed by atoms with Crippen LogP contribution in [0.15, 0.2) is 24.3 Å². The SMILES string of the molecule is Cc1cc(C)c(C#N)c(N2CCN(CC(=O)Nc3cccc(C)c3C)CC2)n1. The maximum Gasteiger partial charge on any atom is 0.238 e. The molecule has 1 amide bonds. The van der Waals surface area contributed by atoms with Gasteiger partial charge in [-0.25, -0.2) is 4.98 Å². The summed E-state index contributed by atoms with van der Waals surface area (Å²) in [6, 6.07) is 10.2. The van der Waals surface area contributed by atoms with E-state index < -0.39 is 0 Å². The molecule has 1 aliphatic heterocycles. The number of amides is 1. The summed E-state index contributed by atoms with van der Waals surface area (Å²) in [5.41, 5.74) is 5.67. The van der Waals surface area contributed by atoms with E-state index in [1.54, 1.807) is 0 Å². The predicted molar refractivity (Wildman–Crippen MR) is 112 cm³/mol. The molecular weight excluding hydrogens is 350 g/mol. The van der Waals surface area contributed by atoms with Crippen LogP contribution in [0, 0.1) is 39.0 Å². The molecule has 0 spiro atoms. The Morgan fingerprint density at radius 1 is 1.14 bits per heavy atom. The number of nitriles is 1. The monoisotopic (exact) mass is 377 g/mol. The maximum absolute atomic E-state index is 12.5. The lowest BCUT2D eigenvalue weighted by molar-refractivity contribution is -0.117. The molecule has 0 saturated carbocycles. The third kappa shape index (κ3) is 4.32. The highest BCUT2D eigenvalue weighted by Crippen LogP contribution is 2.23. The number of rotatable bonds is 4. The molecule has 1 aliphatic rings. The standard InChI is InChI=1S/C22H27N5O/c1-15-6-5-7-20(18(15)4)25-21(28)14-26-8-10-27(11-9-26)22-19(13-23)16(2)12-17(3)24-22/h5-7,12H,8-11,14H2,1-4H3,(H,25,28). The van der Waals surface area contributed by atoms with Gasteiger partial charge in [-0.1, -0.05) is 12.1 Å². The highest BCUT2D eigenvalue weighted by Gasteiger charge is 2.23. The molecule has 2 aromatic rings. The zero-order chi connectivity index (χ0) is 20.3. The second kappa shape index (κ2) is 8.41. The summed E-state index contributed by atoms with van der Waals surface area (Å²) in [5, 5.41) is 12.5. The Kier molecular flexibility index (Phi) is 5.96. The van der Waals surface area contributed by atoms with Crippen molar-refractivity contribution in [2.45, 2.75) is 27.7 Å². The first-order valence-electron chi connectivity index (χ1n) is 9.60. The number of nitrogens with zero attached hydrogens (tertiary/aromatic N) is 4. The molecule has 0 bridgehead atoms. The molecule has 3 rings (SSSR count). The topological polar surface area (TPSA) is 72.3 Å². The summed E-state index contributed by atoms with van der Waals surface area (Å²) in [6.45, 7) is 11.4. The summed E-state index contributed by atoms with van der Waals surface area (Å²) in [6.07, 6.45) is 0. The molecule has 0 radical (unpaired) electrons. The first kappa shape index (κ1) is 19.8. The van der Waals surface area contributed by atoms with E-state index in [0.29, 0.717) is 12.1 Å². The van der Waals surface area contributed by atoms with Crippen LogP contribution >= 0.6 is 0 Å². The largest absolute Gasteiger partial charge is 0.353 e.